The van der Waals surface area contributed by atoms with Crippen molar-refractivity contribution in [1.29, 1.82) is 0 Å². The molecule has 3 unspecified atom stereocenters. The average Bonchev–Trinajstić information content (AvgIpc) is 2.44. The normalized spacial score (nSPS) is 24.4. The minimum absolute atomic E-state index is 0.141. The number of nitro groups is 1. The van der Waals surface area contributed by atoms with Gasteiger partial charge in [0.1, 0.15) is 12.2 Å². The highest BCUT2D eigenvalue weighted by Gasteiger charge is 2.42. The van der Waals surface area contributed by atoms with Crippen molar-refractivity contribution < 1.29 is 19.1 Å². The maximum atomic E-state index is 11.0. The van der Waals surface area contributed by atoms with Crippen LogP contribution in [0.5, 0.6) is 5.75 Å². The largest absolute Gasteiger partial charge is 0.481 e. The molecule has 2 rings (SSSR count). The Labute approximate surface area is 127 Å². The second-order valence-electron chi connectivity index (χ2n) is 4.75. The summed E-state index contributed by atoms with van der Waals surface area (Å²) in [5.41, 5.74) is 5.70. The smallest absolute Gasteiger partial charge is 0.312 e. The number of rotatable bonds is 7. The highest BCUT2D eigenvalue weighted by molar-refractivity contribution is 6.30. The van der Waals surface area contributed by atoms with Crippen LogP contribution < -0.4 is 10.5 Å². The summed E-state index contributed by atoms with van der Waals surface area (Å²) in [7, 11) is 1.58. The summed E-state index contributed by atoms with van der Waals surface area (Å²) in [5.74, 6) is 0.168. The lowest BCUT2D eigenvalue weighted by Gasteiger charge is -2.41. The molecule has 1 aromatic rings. The van der Waals surface area contributed by atoms with Gasteiger partial charge in [0.05, 0.1) is 18.1 Å². The maximum absolute atomic E-state index is 11.0. The predicted molar refractivity (Wildman–Crippen MR) is 76.7 cm³/mol. The molecule has 1 saturated carbocycles. The van der Waals surface area contributed by atoms with E-state index in [-0.39, 0.29) is 34.7 Å². The molecule has 0 bridgehead atoms. The van der Waals surface area contributed by atoms with E-state index in [4.69, 9.17) is 31.5 Å². The van der Waals surface area contributed by atoms with E-state index < -0.39 is 4.92 Å². The summed E-state index contributed by atoms with van der Waals surface area (Å²) in [6, 6.07) is 4.15. The first-order valence-corrected chi connectivity index (χ1v) is 6.87. The van der Waals surface area contributed by atoms with Crippen LogP contribution in [0.1, 0.15) is 6.42 Å². The fourth-order valence-electron chi connectivity index (χ4n) is 2.13. The van der Waals surface area contributed by atoms with Crippen molar-refractivity contribution in [2.45, 2.75) is 24.7 Å². The SMILES string of the molecule is COCCOC1C(N)CC1Oc1ccc(Cl)cc1[N+](=O)[O-]. The maximum Gasteiger partial charge on any atom is 0.312 e. The second kappa shape index (κ2) is 7.04. The molecule has 0 heterocycles. The van der Waals surface area contributed by atoms with Gasteiger partial charge < -0.3 is 19.9 Å². The minimum atomic E-state index is -0.527. The molecule has 0 spiro atoms. The van der Waals surface area contributed by atoms with Gasteiger partial charge in [-0.1, -0.05) is 11.6 Å². The summed E-state index contributed by atoms with van der Waals surface area (Å²) in [6.07, 6.45) is -0.0237. The van der Waals surface area contributed by atoms with Crippen molar-refractivity contribution in [2.24, 2.45) is 5.73 Å². The molecule has 0 aliphatic heterocycles. The molecular formula is C13H17ClN2O5. The molecule has 2 N–H and O–H groups in total. The quantitative estimate of drug-likeness (QED) is 0.467. The lowest BCUT2D eigenvalue weighted by Crippen LogP contribution is -2.59. The molecule has 0 aromatic heterocycles. The summed E-state index contributed by atoms with van der Waals surface area (Å²) in [6.45, 7) is 0.856. The minimum Gasteiger partial charge on any atom is -0.481 e. The number of nitrogens with two attached hydrogens (primary N) is 1. The van der Waals surface area contributed by atoms with Gasteiger partial charge >= 0.3 is 5.69 Å². The van der Waals surface area contributed by atoms with Crippen molar-refractivity contribution in [2.75, 3.05) is 20.3 Å². The number of nitrogens with zero attached hydrogens (tertiary/aromatic N) is 1. The van der Waals surface area contributed by atoms with Gasteiger partial charge in [0.15, 0.2) is 5.75 Å². The Morgan fingerprint density at radius 2 is 2.24 bits per heavy atom. The molecule has 1 fully saturated rings. The Kier molecular flexibility index (Phi) is 5.35. The van der Waals surface area contributed by atoms with Crippen molar-refractivity contribution in [3.63, 3.8) is 0 Å². The number of methoxy groups -OCH3 is 1. The first-order valence-electron chi connectivity index (χ1n) is 6.49. The van der Waals surface area contributed by atoms with Crippen LogP contribution in [0.4, 0.5) is 5.69 Å². The summed E-state index contributed by atoms with van der Waals surface area (Å²) in [5, 5.41) is 11.3. The molecule has 21 heavy (non-hydrogen) atoms. The van der Waals surface area contributed by atoms with E-state index in [1.54, 1.807) is 13.2 Å². The van der Waals surface area contributed by atoms with Crippen LogP contribution in [0.15, 0.2) is 18.2 Å². The van der Waals surface area contributed by atoms with E-state index in [1.165, 1.54) is 12.1 Å². The van der Waals surface area contributed by atoms with Gasteiger partial charge in [-0.05, 0) is 12.1 Å². The Hall–Kier alpha value is -1.41. The Bertz CT molecular complexity index is 513. The fraction of sp³-hybridized carbons (Fsp3) is 0.538. The fourth-order valence-corrected chi connectivity index (χ4v) is 2.29. The van der Waals surface area contributed by atoms with Gasteiger partial charge in [0.25, 0.3) is 0 Å². The third-order valence-electron chi connectivity index (χ3n) is 3.29. The van der Waals surface area contributed by atoms with Crippen LogP contribution in [0.2, 0.25) is 5.02 Å². The van der Waals surface area contributed by atoms with Gasteiger partial charge in [-0.15, -0.1) is 0 Å². The highest BCUT2D eigenvalue weighted by atomic mass is 35.5. The van der Waals surface area contributed by atoms with Gasteiger partial charge in [0, 0.05) is 30.7 Å². The van der Waals surface area contributed by atoms with Crippen LogP contribution >= 0.6 is 11.6 Å². The monoisotopic (exact) mass is 316 g/mol. The number of hydrogen-bond acceptors (Lipinski definition) is 6. The topological polar surface area (TPSA) is 96.9 Å². The van der Waals surface area contributed by atoms with E-state index >= 15 is 0 Å². The second-order valence-corrected chi connectivity index (χ2v) is 5.19. The van der Waals surface area contributed by atoms with Gasteiger partial charge in [-0.3, -0.25) is 10.1 Å². The molecule has 0 saturated heterocycles. The van der Waals surface area contributed by atoms with Crippen molar-refractivity contribution in [3.05, 3.63) is 33.3 Å². The molecule has 1 aliphatic carbocycles. The average molecular weight is 317 g/mol. The molecule has 1 aromatic carbocycles. The molecule has 8 heteroatoms. The first-order chi connectivity index (χ1) is 10.0. The zero-order chi connectivity index (χ0) is 15.4. The van der Waals surface area contributed by atoms with E-state index in [0.29, 0.717) is 19.6 Å². The van der Waals surface area contributed by atoms with Crippen LogP contribution in [0.25, 0.3) is 0 Å². The van der Waals surface area contributed by atoms with Crippen molar-refractivity contribution in [1.82, 2.24) is 0 Å². The van der Waals surface area contributed by atoms with Crippen LogP contribution in [-0.2, 0) is 9.47 Å². The van der Waals surface area contributed by atoms with E-state index in [2.05, 4.69) is 0 Å². The molecule has 0 radical (unpaired) electrons. The van der Waals surface area contributed by atoms with E-state index in [0.717, 1.165) is 0 Å². The van der Waals surface area contributed by atoms with Crippen molar-refractivity contribution >= 4 is 17.3 Å². The van der Waals surface area contributed by atoms with E-state index in [1.807, 2.05) is 0 Å². The lowest BCUT2D eigenvalue weighted by atomic mass is 9.86. The van der Waals surface area contributed by atoms with Crippen LogP contribution in [0, 0.1) is 10.1 Å². The number of ether oxygens (including phenoxy) is 3. The van der Waals surface area contributed by atoms with Gasteiger partial charge in [0.2, 0.25) is 0 Å². The first kappa shape index (κ1) is 16.0. The number of hydrogen-bond donors (Lipinski definition) is 1. The van der Waals surface area contributed by atoms with Crippen LogP contribution in [-0.4, -0.2) is 43.5 Å². The number of benzene rings is 1. The zero-order valence-corrected chi connectivity index (χ0v) is 12.3. The standard InChI is InChI=1S/C13H17ClN2O5/c1-19-4-5-20-13-9(15)7-12(13)21-11-3-2-8(14)6-10(11)16(17)18/h2-3,6,9,12-13H,4-5,7,15H2,1H3. The van der Waals surface area contributed by atoms with Crippen molar-refractivity contribution in [3.8, 4) is 5.75 Å². The molecule has 3 atom stereocenters. The lowest BCUT2D eigenvalue weighted by molar-refractivity contribution is -0.386. The third-order valence-corrected chi connectivity index (χ3v) is 3.52. The van der Waals surface area contributed by atoms with Crippen LogP contribution in [0.3, 0.4) is 0 Å². The molecule has 116 valence electrons. The predicted octanol–water partition coefficient (Wildman–Crippen LogP) is 1.76. The van der Waals surface area contributed by atoms with E-state index in [9.17, 15) is 10.1 Å². The highest BCUT2D eigenvalue weighted by Crippen LogP contribution is 2.34. The van der Waals surface area contributed by atoms with Gasteiger partial charge in [-0.25, -0.2) is 0 Å². The molecule has 7 nitrogen and oxygen atoms in total. The summed E-state index contributed by atoms with van der Waals surface area (Å²) < 4.78 is 16.1. The van der Waals surface area contributed by atoms with Gasteiger partial charge in [-0.2, -0.15) is 0 Å². The molecular weight excluding hydrogens is 300 g/mol. The molecule has 0 amide bonds. The molecule has 1 aliphatic rings. The Morgan fingerprint density at radius 3 is 2.86 bits per heavy atom. The Morgan fingerprint density at radius 1 is 1.48 bits per heavy atom. The number of halogens is 1. The zero-order valence-electron chi connectivity index (χ0n) is 11.5. The summed E-state index contributed by atoms with van der Waals surface area (Å²) >= 11 is 5.76. The number of nitro benzene ring substituents is 1. The Balaban J connectivity index is 2.03. The summed E-state index contributed by atoms with van der Waals surface area (Å²) in [4.78, 5) is 10.5. The third kappa shape index (κ3) is 3.82.